The second kappa shape index (κ2) is 8.08. The van der Waals surface area contributed by atoms with Crippen molar-refractivity contribution >= 4 is 33.7 Å². The number of fused-ring (bicyclic) bond motifs is 2. The number of carbonyl (C=O) groups excluding carboxylic acids is 1. The highest BCUT2D eigenvalue weighted by Crippen LogP contribution is 2.31. The first-order chi connectivity index (χ1) is 15.5. The summed E-state index contributed by atoms with van der Waals surface area (Å²) in [6.45, 7) is 6.07. The Morgan fingerprint density at radius 2 is 2.00 bits per heavy atom. The van der Waals surface area contributed by atoms with Crippen molar-refractivity contribution in [3.8, 4) is 6.01 Å². The predicted octanol–water partition coefficient (Wildman–Crippen LogP) is 2.73. The zero-order valence-electron chi connectivity index (χ0n) is 18.2. The van der Waals surface area contributed by atoms with E-state index in [0.29, 0.717) is 28.9 Å². The maximum atomic E-state index is 13.2. The highest BCUT2D eigenvalue weighted by molar-refractivity contribution is 6.14. The number of aromatic nitrogens is 4. The molecule has 1 aromatic carbocycles. The van der Waals surface area contributed by atoms with Gasteiger partial charge in [0.15, 0.2) is 0 Å². The second-order valence-electron chi connectivity index (χ2n) is 8.20. The molecule has 32 heavy (non-hydrogen) atoms. The topological polar surface area (TPSA) is 96.7 Å². The van der Waals surface area contributed by atoms with Crippen molar-refractivity contribution < 1.29 is 9.53 Å². The number of hydrogen-bond acceptors (Lipinski definition) is 7. The van der Waals surface area contributed by atoms with Gasteiger partial charge < -0.3 is 20.3 Å². The second-order valence-corrected chi connectivity index (χ2v) is 8.20. The highest BCUT2D eigenvalue weighted by atomic mass is 16.5. The molecule has 1 amide bonds. The number of amides is 1. The van der Waals surface area contributed by atoms with Crippen LogP contribution >= 0.6 is 0 Å². The minimum atomic E-state index is -0.242. The maximum absolute atomic E-state index is 13.2. The normalized spacial score (nSPS) is 18.8. The molecule has 0 aliphatic carbocycles. The SMILES string of the molecule is COc1ncc2c(N3C[C@H](C)N[C@@H](C)C3)ccc(C(=O)Nc3ccn4nccc4c3)c2n1. The number of rotatable bonds is 4. The van der Waals surface area contributed by atoms with E-state index in [0.717, 1.165) is 29.7 Å². The van der Waals surface area contributed by atoms with Crippen LogP contribution in [0, 0.1) is 0 Å². The number of hydrogen-bond donors (Lipinski definition) is 2. The van der Waals surface area contributed by atoms with E-state index in [9.17, 15) is 4.79 Å². The van der Waals surface area contributed by atoms with Crippen molar-refractivity contribution in [2.24, 2.45) is 0 Å². The fourth-order valence-electron chi connectivity index (χ4n) is 4.37. The first-order valence-electron chi connectivity index (χ1n) is 10.6. The van der Waals surface area contributed by atoms with Crippen LogP contribution in [0.5, 0.6) is 6.01 Å². The van der Waals surface area contributed by atoms with Crippen molar-refractivity contribution in [3.05, 3.63) is 54.5 Å². The van der Waals surface area contributed by atoms with Gasteiger partial charge in [0.1, 0.15) is 0 Å². The summed E-state index contributed by atoms with van der Waals surface area (Å²) in [5.41, 5.74) is 3.63. The number of anilines is 2. The first kappa shape index (κ1) is 20.2. The lowest BCUT2D eigenvalue weighted by atomic mass is 10.0. The average Bonchev–Trinajstić information content (AvgIpc) is 3.25. The summed E-state index contributed by atoms with van der Waals surface area (Å²) in [6.07, 6.45) is 5.27. The Hall–Kier alpha value is -3.72. The summed E-state index contributed by atoms with van der Waals surface area (Å²) in [6, 6.07) is 10.3. The lowest BCUT2D eigenvalue weighted by Crippen LogP contribution is -2.54. The molecule has 9 nitrogen and oxygen atoms in total. The first-order valence-corrected chi connectivity index (χ1v) is 10.6. The van der Waals surface area contributed by atoms with Crippen LogP contribution < -0.4 is 20.3 Å². The summed E-state index contributed by atoms with van der Waals surface area (Å²) in [4.78, 5) is 24.4. The van der Waals surface area contributed by atoms with Crippen molar-refractivity contribution in [2.75, 3.05) is 30.4 Å². The van der Waals surface area contributed by atoms with Gasteiger partial charge in [0.25, 0.3) is 5.91 Å². The van der Waals surface area contributed by atoms with Gasteiger partial charge in [0.05, 0.1) is 23.7 Å². The van der Waals surface area contributed by atoms with E-state index in [4.69, 9.17) is 4.74 Å². The number of carbonyl (C=O) groups is 1. The molecular formula is C23H25N7O2. The number of piperazine rings is 1. The smallest absolute Gasteiger partial charge is 0.316 e. The average molecular weight is 432 g/mol. The molecule has 164 valence electrons. The molecule has 1 saturated heterocycles. The van der Waals surface area contributed by atoms with Gasteiger partial charge in [0, 0.05) is 60.5 Å². The van der Waals surface area contributed by atoms with Gasteiger partial charge in [-0.15, -0.1) is 0 Å². The molecule has 1 aliphatic heterocycles. The molecule has 5 rings (SSSR count). The van der Waals surface area contributed by atoms with E-state index in [1.54, 1.807) is 16.9 Å². The van der Waals surface area contributed by atoms with Crippen LogP contribution in [0.2, 0.25) is 0 Å². The highest BCUT2D eigenvalue weighted by Gasteiger charge is 2.24. The zero-order valence-corrected chi connectivity index (χ0v) is 18.2. The zero-order chi connectivity index (χ0) is 22.2. The molecule has 1 aliphatic rings. The Morgan fingerprint density at radius 1 is 1.19 bits per heavy atom. The molecule has 4 heterocycles. The van der Waals surface area contributed by atoms with E-state index in [1.807, 2.05) is 36.5 Å². The summed E-state index contributed by atoms with van der Waals surface area (Å²) < 4.78 is 6.99. The van der Waals surface area contributed by atoms with Gasteiger partial charge in [-0.05, 0) is 44.2 Å². The number of nitrogens with one attached hydrogen (secondary N) is 2. The van der Waals surface area contributed by atoms with E-state index >= 15 is 0 Å². The minimum absolute atomic E-state index is 0.228. The van der Waals surface area contributed by atoms with E-state index < -0.39 is 0 Å². The minimum Gasteiger partial charge on any atom is -0.467 e. The third kappa shape index (κ3) is 3.71. The molecule has 0 saturated carbocycles. The fourth-order valence-corrected chi connectivity index (χ4v) is 4.37. The van der Waals surface area contributed by atoms with Crippen LogP contribution in [0.15, 0.2) is 48.9 Å². The van der Waals surface area contributed by atoms with Gasteiger partial charge in [-0.3, -0.25) is 4.79 Å². The van der Waals surface area contributed by atoms with Crippen LogP contribution in [0.3, 0.4) is 0 Å². The summed E-state index contributed by atoms with van der Waals surface area (Å²) >= 11 is 0. The molecule has 0 unspecified atom stereocenters. The summed E-state index contributed by atoms with van der Waals surface area (Å²) in [7, 11) is 1.52. The third-order valence-electron chi connectivity index (χ3n) is 5.69. The fraction of sp³-hybridized carbons (Fsp3) is 0.304. The Morgan fingerprint density at radius 3 is 2.78 bits per heavy atom. The molecule has 0 bridgehead atoms. The van der Waals surface area contributed by atoms with Gasteiger partial charge in [-0.25, -0.2) is 9.50 Å². The van der Waals surface area contributed by atoms with Crippen molar-refractivity contribution in [2.45, 2.75) is 25.9 Å². The number of benzene rings is 1. The maximum Gasteiger partial charge on any atom is 0.316 e. The van der Waals surface area contributed by atoms with Crippen LogP contribution in [0.4, 0.5) is 11.4 Å². The van der Waals surface area contributed by atoms with Crippen LogP contribution in [-0.4, -0.2) is 57.8 Å². The van der Waals surface area contributed by atoms with E-state index in [-0.39, 0.29) is 11.9 Å². The van der Waals surface area contributed by atoms with Gasteiger partial charge in [0.2, 0.25) is 0 Å². The Balaban J connectivity index is 1.54. The third-order valence-corrected chi connectivity index (χ3v) is 5.69. The van der Waals surface area contributed by atoms with Crippen molar-refractivity contribution in [3.63, 3.8) is 0 Å². The molecule has 2 atom stereocenters. The molecule has 3 aromatic heterocycles. The van der Waals surface area contributed by atoms with E-state index in [2.05, 4.69) is 44.4 Å². The largest absolute Gasteiger partial charge is 0.467 e. The predicted molar refractivity (Wildman–Crippen MR) is 124 cm³/mol. The molecule has 2 N–H and O–H groups in total. The van der Waals surface area contributed by atoms with Gasteiger partial charge in [-0.1, -0.05) is 0 Å². The van der Waals surface area contributed by atoms with Crippen LogP contribution in [-0.2, 0) is 0 Å². The summed E-state index contributed by atoms with van der Waals surface area (Å²) in [5.74, 6) is -0.242. The molecule has 4 aromatic rings. The molecule has 1 fully saturated rings. The lowest BCUT2D eigenvalue weighted by Gasteiger charge is -2.38. The summed E-state index contributed by atoms with van der Waals surface area (Å²) in [5, 5.41) is 11.5. The Bertz CT molecular complexity index is 1290. The molecule has 0 spiro atoms. The Labute approximate surface area is 185 Å². The number of ether oxygens (including phenoxy) is 1. The van der Waals surface area contributed by atoms with E-state index in [1.165, 1.54) is 7.11 Å². The van der Waals surface area contributed by atoms with Crippen molar-refractivity contribution in [1.29, 1.82) is 0 Å². The number of nitrogens with zero attached hydrogens (tertiary/aromatic N) is 5. The molecular weight excluding hydrogens is 406 g/mol. The van der Waals surface area contributed by atoms with Crippen LogP contribution in [0.1, 0.15) is 24.2 Å². The van der Waals surface area contributed by atoms with Crippen LogP contribution in [0.25, 0.3) is 16.4 Å². The Kier molecular flexibility index (Phi) is 5.10. The van der Waals surface area contributed by atoms with Gasteiger partial charge in [-0.2, -0.15) is 10.1 Å². The standard InChI is InChI=1S/C23H25N7O2/c1-14-12-29(13-15(2)26-14)20-5-4-18(21-19(20)11-24-23(28-21)32-3)22(31)27-16-7-9-30-17(10-16)6-8-25-30/h4-11,14-15,26H,12-13H2,1-3H3,(H,27,31)/t14-,15-/m0/s1. The lowest BCUT2D eigenvalue weighted by molar-refractivity contribution is 0.102. The molecule has 0 radical (unpaired) electrons. The number of methoxy groups -OCH3 is 1. The monoisotopic (exact) mass is 431 g/mol. The van der Waals surface area contributed by atoms with Crippen molar-refractivity contribution in [1.82, 2.24) is 24.9 Å². The molecule has 9 heteroatoms. The number of pyridine rings is 1. The quantitative estimate of drug-likeness (QED) is 0.513. The van der Waals surface area contributed by atoms with Gasteiger partial charge >= 0.3 is 6.01 Å².